The molecular formula is C31H35ClFN3O5S. The van der Waals surface area contributed by atoms with Crippen LogP contribution in [0.25, 0.3) is 0 Å². The fourth-order valence-electron chi connectivity index (χ4n) is 5.18. The quantitative estimate of drug-likeness (QED) is 0.311. The van der Waals surface area contributed by atoms with E-state index in [0.717, 1.165) is 41.8 Å². The molecule has 2 amide bonds. The Morgan fingerprint density at radius 1 is 1.05 bits per heavy atom. The lowest BCUT2D eigenvalue weighted by Gasteiger charge is -2.34. The number of rotatable bonds is 12. The van der Waals surface area contributed by atoms with Crippen LogP contribution in [-0.4, -0.2) is 57.1 Å². The lowest BCUT2D eigenvalue weighted by molar-refractivity contribution is -0.140. The third-order valence-corrected chi connectivity index (χ3v) is 8.72. The Morgan fingerprint density at radius 2 is 1.71 bits per heavy atom. The van der Waals surface area contributed by atoms with Gasteiger partial charge in [-0.2, -0.15) is 0 Å². The predicted molar refractivity (Wildman–Crippen MR) is 161 cm³/mol. The molecule has 0 aliphatic heterocycles. The van der Waals surface area contributed by atoms with Crippen molar-refractivity contribution in [1.82, 2.24) is 10.2 Å². The molecule has 1 aliphatic carbocycles. The molecule has 0 radical (unpaired) electrons. The fourth-order valence-corrected chi connectivity index (χ4v) is 6.20. The minimum atomic E-state index is -4.03. The SMILES string of the molecule is COc1ccc(Cl)cc1N(CC(=O)N(Cc1ccccc1F)[C@H](Cc1ccccc1)C(=O)NC1CCCC1)S(C)(=O)=O. The van der Waals surface area contributed by atoms with E-state index in [1.807, 2.05) is 30.3 Å². The number of carbonyl (C=O) groups excluding carboxylic acids is 2. The smallest absolute Gasteiger partial charge is 0.244 e. The molecule has 3 aromatic carbocycles. The summed E-state index contributed by atoms with van der Waals surface area (Å²) in [5.74, 6) is -1.41. The first-order chi connectivity index (χ1) is 20.1. The Bertz CT molecular complexity index is 1500. The number of ether oxygens (including phenoxy) is 1. The van der Waals surface area contributed by atoms with Crippen LogP contribution in [0.2, 0.25) is 5.02 Å². The first-order valence-corrected chi connectivity index (χ1v) is 16.0. The van der Waals surface area contributed by atoms with Crippen molar-refractivity contribution in [3.8, 4) is 5.75 Å². The van der Waals surface area contributed by atoms with E-state index in [1.165, 1.54) is 36.3 Å². The van der Waals surface area contributed by atoms with Crippen molar-refractivity contribution in [2.24, 2.45) is 0 Å². The monoisotopic (exact) mass is 615 g/mol. The molecule has 1 aliphatic rings. The third-order valence-electron chi connectivity index (χ3n) is 7.36. The normalized spacial score (nSPS) is 14.3. The van der Waals surface area contributed by atoms with Gasteiger partial charge in [0, 0.05) is 29.6 Å². The van der Waals surface area contributed by atoms with Gasteiger partial charge >= 0.3 is 0 Å². The number of carbonyl (C=O) groups is 2. The number of amides is 2. The molecule has 1 fully saturated rings. The average Bonchev–Trinajstić information content (AvgIpc) is 3.47. The van der Waals surface area contributed by atoms with Gasteiger partial charge in [-0.3, -0.25) is 13.9 Å². The van der Waals surface area contributed by atoms with Crippen LogP contribution >= 0.6 is 11.6 Å². The van der Waals surface area contributed by atoms with Crippen LogP contribution < -0.4 is 14.4 Å². The summed E-state index contributed by atoms with van der Waals surface area (Å²) < 4.78 is 47.2. The van der Waals surface area contributed by atoms with Crippen molar-refractivity contribution in [3.05, 3.63) is 94.8 Å². The maximum absolute atomic E-state index is 14.9. The highest BCUT2D eigenvalue weighted by Crippen LogP contribution is 2.33. The molecule has 4 rings (SSSR count). The average molecular weight is 616 g/mol. The number of benzene rings is 3. The summed E-state index contributed by atoms with van der Waals surface area (Å²) in [6.07, 6.45) is 4.78. The standard InChI is InChI=1S/C31H35ClFN3O5S/c1-41-29-17-16-24(32)19-27(29)36(42(2,39)40)21-30(37)35(20-23-12-6-9-15-26(23)33)28(18-22-10-4-3-5-11-22)31(38)34-25-13-7-8-14-25/h3-6,9-12,15-17,19,25,28H,7-8,13-14,18,20-21H2,1-2H3,(H,34,38)/t28-/m1/s1. The summed E-state index contributed by atoms with van der Waals surface area (Å²) in [5, 5.41) is 3.32. The summed E-state index contributed by atoms with van der Waals surface area (Å²) in [6, 6.07) is 18.6. The largest absolute Gasteiger partial charge is 0.495 e. The minimum absolute atomic E-state index is 0.0237. The van der Waals surface area contributed by atoms with Gasteiger partial charge in [0.2, 0.25) is 21.8 Å². The van der Waals surface area contributed by atoms with Gasteiger partial charge in [-0.15, -0.1) is 0 Å². The van der Waals surface area contributed by atoms with Crippen molar-refractivity contribution >= 4 is 39.1 Å². The van der Waals surface area contributed by atoms with E-state index in [2.05, 4.69) is 5.32 Å². The van der Waals surface area contributed by atoms with Gasteiger partial charge in [0.15, 0.2) is 0 Å². The first-order valence-electron chi connectivity index (χ1n) is 13.7. The molecule has 0 saturated heterocycles. The molecule has 8 nitrogen and oxygen atoms in total. The van der Waals surface area contributed by atoms with Crippen molar-refractivity contribution in [2.75, 3.05) is 24.2 Å². The number of nitrogens with zero attached hydrogens (tertiary/aromatic N) is 2. The van der Waals surface area contributed by atoms with Gasteiger partial charge in [-0.1, -0.05) is 73.0 Å². The lowest BCUT2D eigenvalue weighted by Crippen LogP contribution is -2.54. The molecule has 3 aromatic rings. The van der Waals surface area contributed by atoms with Crippen LogP contribution in [0, 0.1) is 5.82 Å². The maximum atomic E-state index is 14.9. The molecule has 11 heteroatoms. The highest BCUT2D eigenvalue weighted by molar-refractivity contribution is 7.92. The van der Waals surface area contributed by atoms with Crippen LogP contribution in [0.15, 0.2) is 72.8 Å². The lowest BCUT2D eigenvalue weighted by atomic mass is 10.0. The van der Waals surface area contributed by atoms with Gasteiger partial charge < -0.3 is 15.0 Å². The highest BCUT2D eigenvalue weighted by Gasteiger charge is 2.35. The van der Waals surface area contributed by atoms with Crippen LogP contribution in [-0.2, 0) is 32.6 Å². The third kappa shape index (κ3) is 8.01. The molecule has 1 atom stereocenters. The molecule has 1 N–H and O–H groups in total. The molecule has 0 bridgehead atoms. The summed E-state index contributed by atoms with van der Waals surface area (Å²) in [5.41, 5.74) is 1.07. The molecule has 42 heavy (non-hydrogen) atoms. The van der Waals surface area contributed by atoms with Gasteiger partial charge in [-0.05, 0) is 42.7 Å². The molecule has 0 aromatic heterocycles. The van der Waals surface area contributed by atoms with Crippen molar-refractivity contribution in [1.29, 1.82) is 0 Å². The summed E-state index contributed by atoms with van der Waals surface area (Å²) >= 11 is 6.19. The van der Waals surface area contributed by atoms with Crippen molar-refractivity contribution in [3.63, 3.8) is 0 Å². The predicted octanol–water partition coefficient (Wildman–Crippen LogP) is 4.95. The second-order valence-electron chi connectivity index (χ2n) is 10.4. The molecule has 0 heterocycles. The maximum Gasteiger partial charge on any atom is 0.244 e. The van der Waals surface area contributed by atoms with E-state index >= 15 is 0 Å². The zero-order valence-corrected chi connectivity index (χ0v) is 25.2. The number of nitrogens with one attached hydrogen (secondary N) is 1. The van der Waals surface area contributed by atoms with Gasteiger partial charge in [0.25, 0.3) is 0 Å². The molecule has 0 spiro atoms. The molecule has 0 unspecified atom stereocenters. The zero-order chi connectivity index (χ0) is 30.3. The van der Waals surface area contributed by atoms with Crippen LogP contribution in [0.5, 0.6) is 5.75 Å². The van der Waals surface area contributed by atoms with E-state index < -0.39 is 34.3 Å². The number of halogens is 2. The van der Waals surface area contributed by atoms with E-state index in [-0.39, 0.29) is 46.9 Å². The minimum Gasteiger partial charge on any atom is -0.495 e. The van der Waals surface area contributed by atoms with Gasteiger partial charge in [0.05, 0.1) is 19.1 Å². The molecular weight excluding hydrogens is 581 g/mol. The van der Waals surface area contributed by atoms with E-state index in [9.17, 15) is 22.4 Å². The van der Waals surface area contributed by atoms with Crippen molar-refractivity contribution < 1.29 is 27.1 Å². The fraction of sp³-hybridized carbons (Fsp3) is 0.355. The second kappa shape index (κ2) is 14.0. The summed E-state index contributed by atoms with van der Waals surface area (Å²) in [6.45, 7) is -0.905. The van der Waals surface area contributed by atoms with Crippen molar-refractivity contribution in [2.45, 2.75) is 50.7 Å². The topological polar surface area (TPSA) is 96.0 Å². The van der Waals surface area contributed by atoms with Gasteiger partial charge in [-0.25, -0.2) is 12.8 Å². The Morgan fingerprint density at radius 3 is 2.36 bits per heavy atom. The van der Waals surface area contributed by atoms with E-state index in [1.54, 1.807) is 18.2 Å². The Labute approximate surface area is 251 Å². The molecule has 1 saturated carbocycles. The Kier molecular flexibility index (Phi) is 10.5. The summed E-state index contributed by atoms with van der Waals surface area (Å²) in [4.78, 5) is 29.3. The molecule has 224 valence electrons. The van der Waals surface area contributed by atoms with Crippen LogP contribution in [0.1, 0.15) is 36.8 Å². The first kappa shape index (κ1) is 31.3. The second-order valence-corrected chi connectivity index (χ2v) is 12.7. The van der Waals surface area contributed by atoms with Crippen LogP contribution in [0.4, 0.5) is 10.1 Å². The Balaban J connectivity index is 1.76. The highest BCUT2D eigenvalue weighted by atomic mass is 35.5. The number of hydrogen-bond donors (Lipinski definition) is 1. The number of anilines is 1. The zero-order valence-electron chi connectivity index (χ0n) is 23.6. The number of hydrogen-bond acceptors (Lipinski definition) is 5. The van der Waals surface area contributed by atoms with Crippen LogP contribution in [0.3, 0.4) is 0 Å². The Hall–Kier alpha value is -3.63. The number of methoxy groups -OCH3 is 1. The van der Waals surface area contributed by atoms with E-state index in [4.69, 9.17) is 16.3 Å². The number of sulfonamides is 1. The summed E-state index contributed by atoms with van der Waals surface area (Å²) in [7, 11) is -2.65. The van der Waals surface area contributed by atoms with E-state index in [0.29, 0.717) is 0 Å². The van der Waals surface area contributed by atoms with Gasteiger partial charge in [0.1, 0.15) is 24.2 Å².